The molecule has 0 radical (unpaired) electrons. The van der Waals surface area contributed by atoms with E-state index in [1.807, 2.05) is 7.05 Å². The zero-order valence-corrected chi connectivity index (χ0v) is 14.8. The van der Waals surface area contributed by atoms with Crippen LogP contribution in [0.15, 0.2) is 29.3 Å². The fraction of sp³-hybridized carbons (Fsp3) is 0.611. The fourth-order valence-electron chi connectivity index (χ4n) is 2.06. The second-order valence-corrected chi connectivity index (χ2v) is 6.12. The van der Waals surface area contributed by atoms with Gasteiger partial charge in [-0.1, -0.05) is 29.8 Å². The van der Waals surface area contributed by atoms with Crippen LogP contribution in [0.3, 0.4) is 0 Å². The maximum absolute atomic E-state index is 4.27. The van der Waals surface area contributed by atoms with Gasteiger partial charge in [-0.15, -0.1) is 0 Å². The van der Waals surface area contributed by atoms with Crippen molar-refractivity contribution >= 4 is 5.96 Å². The smallest absolute Gasteiger partial charge is 0.191 e. The predicted octanol–water partition coefficient (Wildman–Crippen LogP) is 2.78. The van der Waals surface area contributed by atoms with Gasteiger partial charge < -0.3 is 15.5 Å². The van der Waals surface area contributed by atoms with Crippen LogP contribution in [0.25, 0.3) is 0 Å². The van der Waals surface area contributed by atoms with Gasteiger partial charge in [0.1, 0.15) is 0 Å². The van der Waals surface area contributed by atoms with Crippen LogP contribution in [0.4, 0.5) is 0 Å². The molecular formula is C18H32N4. The normalized spacial score (nSPS) is 12.0. The molecule has 4 nitrogen and oxygen atoms in total. The number of hydrogen-bond acceptors (Lipinski definition) is 2. The van der Waals surface area contributed by atoms with E-state index in [1.54, 1.807) is 0 Å². The van der Waals surface area contributed by atoms with Crippen molar-refractivity contribution in [3.05, 3.63) is 35.4 Å². The Balaban J connectivity index is 2.19. The van der Waals surface area contributed by atoms with Crippen molar-refractivity contribution in [3.63, 3.8) is 0 Å². The number of hydrogen-bond donors (Lipinski definition) is 2. The largest absolute Gasteiger partial charge is 0.356 e. The number of benzene rings is 1. The quantitative estimate of drug-likeness (QED) is 0.441. The number of guanidine groups is 1. The summed E-state index contributed by atoms with van der Waals surface area (Å²) in [5, 5.41) is 6.73. The number of unbranched alkanes of at least 4 members (excludes halogenated alkanes) is 1. The number of aliphatic imine (C=N–C) groups is 1. The highest BCUT2D eigenvalue weighted by molar-refractivity contribution is 5.79. The lowest BCUT2D eigenvalue weighted by molar-refractivity contribution is 0.268. The minimum Gasteiger partial charge on any atom is -0.356 e. The topological polar surface area (TPSA) is 39.7 Å². The third-order valence-corrected chi connectivity index (χ3v) is 3.92. The highest BCUT2D eigenvalue weighted by atomic mass is 15.2. The summed E-state index contributed by atoms with van der Waals surface area (Å²) in [5.74, 6) is 0.873. The van der Waals surface area contributed by atoms with Gasteiger partial charge >= 0.3 is 0 Å². The molecule has 0 unspecified atom stereocenters. The molecule has 22 heavy (non-hydrogen) atoms. The van der Waals surface area contributed by atoms with Crippen LogP contribution in [-0.2, 0) is 6.54 Å². The van der Waals surface area contributed by atoms with E-state index in [2.05, 4.69) is 72.6 Å². The minimum atomic E-state index is 0.622. The molecule has 0 aromatic heterocycles. The second kappa shape index (κ2) is 10.2. The molecule has 1 rings (SSSR count). The maximum Gasteiger partial charge on any atom is 0.191 e. The van der Waals surface area contributed by atoms with Gasteiger partial charge in [0.15, 0.2) is 5.96 Å². The zero-order chi connectivity index (χ0) is 16.4. The summed E-state index contributed by atoms with van der Waals surface area (Å²) < 4.78 is 0. The summed E-state index contributed by atoms with van der Waals surface area (Å²) >= 11 is 0. The van der Waals surface area contributed by atoms with E-state index in [0.717, 1.165) is 32.0 Å². The number of nitrogens with zero attached hydrogens (tertiary/aromatic N) is 2. The van der Waals surface area contributed by atoms with Crippen LogP contribution >= 0.6 is 0 Å². The Morgan fingerprint density at radius 2 is 1.82 bits per heavy atom. The Labute approximate surface area is 136 Å². The average Bonchev–Trinajstić information content (AvgIpc) is 2.51. The Morgan fingerprint density at radius 1 is 1.14 bits per heavy atom. The molecule has 0 amide bonds. The summed E-state index contributed by atoms with van der Waals surface area (Å²) in [4.78, 5) is 6.65. The Bertz CT molecular complexity index is 437. The first-order chi connectivity index (χ1) is 10.5. The Hall–Kier alpha value is -1.55. The average molecular weight is 304 g/mol. The van der Waals surface area contributed by atoms with Crippen LogP contribution in [0.1, 0.15) is 37.8 Å². The van der Waals surface area contributed by atoms with E-state index < -0.39 is 0 Å². The van der Waals surface area contributed by atoms with Gasteiger partial charge in [-0.25, -0.2) is 0 Å². The first-order valence-corrected chi connectivity index (χ1v) is 8.23. The van der Waals surface area contributed by atoms with Gasteiger partial charge in [-0.2, -0.15) is 0 Å². The summed E-state index contributed by atoms with van der Waals surface area (Å²) in [7, 11) is 4.00. The van der Waals surface area contributed by atoms with Crippen molar-refractivity contribution in [1.29, 1.82) is 0 Å². The molecule has 0 bridgehead atoms. The molecule has 0 atom stereocenters. The van der Waals surface area contributed by atoms with Gasteiger partial charge in [0.2, 0.25) is 0 Å². The molecule has 0 aliphatic heterocycles. The van der Waals surface area contributed by atoms with Crippen LogP contribution < -0.4 is 10.6 Å². The molecule has 0 aliphatic rings. The molecule has 124 valence electrons. The van der Waals surface area contributed by atoms with Crippen molar-refractivity contribution in [2.24, 2.45) is 4.99 Å². The summed E-state index contributed by atoms with van der Waals surface area (Å²) in [6, 6.07) is 9.20. The van der Waals surface area contributed by atoms with E-state index in [4.69, 9.17) is 0 Å². The van der Waals surface area contributed by atoms with Gasteiger partial charge in [0.05, 0.1) is 0 Å². The molecule has 0 saturated carbocycles. The van der Waals surface area contributed by atoms with Crippen molar-refractivity contribution in [2.45, 2.75) is 46.2 Å². The van der Waals surface area contributed by atoms with E-state index in [9.17, 15) is 0 Å². The first kappa shape index (κ1) is 18.5. The standard InChI is InChI=1S/C18H32N4/c1-15(2)22(5)13-7-6-12-20-18(19-4)21-14-17-10-8-16(3)9-11-17/h8-11,15H,6-7,12-14H2,1-5H3,(H2,19,20,21). The molecule has 1 aromatic carbocycles. The fourth-order valence-corrected chi connectivity index (χ4v) is 2.06. The first-order valence-electron chi connectivity index (χ1n) is 8.23. The van der Waals surface area contributed by atoms with Crippen LogP contribution in [0, 0.1) is 6.92 Å². The van der Waals surface area contributed by atoms with Crippen LogP contribution in [0.2, 0.25) is 0 Å². The van der Waals surface area contributed by atoms with Gasteiger partial charge in [0, 0.05) is 26.2 Å². The number of aryl methyl sites for hydroxylation is 1. The Morgan fingerprint density at radius 3 is 2.41 bits per heavy atom. The molecule has 0 spiro atoms. The molecule has 0 aliphatic carbocycles. The molecular weight excluding hydrogens is 272 g/mol. The van der Waals surface area contributed by atoms with E-state index >= 15 is 0 Å². The maximum atomic E-state index is 4.27. The highest BCUT2D eigenvalue weighted by Gasteiger charge is 2.02. The highest BCUT2D eigenvalue weighted by Crippen LogP contribution is 2.02. The minimum absolute atomic E-state index is 0.622. The van der Waals surface area contributed by atoms with Crippen molar-refractivity contribution in [3.8, 4) is 0 Å². The lowest BCUT2D eigenvalue weighted by Gasteiger charge is -2.20. The van der Waals surface area contributed by atoms with Gasteiger partial charge in [-0.3, -0.25) is 4.99 Å². The molecule has 1 aromatic rings. The van der Waals surface area contributed by atoms with E-state index in [-0.39, 0.29) is 0 Å². The monoisotopic (exact) mass is 304 g/mol. The summed E-state index contributed by atoms with van der Waals surface area (Å²) in [6.07, 6.45) is 2.36. The van der Waals surface area contributed by atoms with Gasteiger partial charge in [0.25, 0.3) is 0 Å². The summed E-state index contributed by atoms with van der Waals surface area (Å²) in [6.45, 7) is 9.48. The third kappa shape index (κ3) is 7.46. The molecule has 0 fully saturated rings. The van der Waals surface area contributed by atoms with Crippen LogP contribution in [0.5, 0.6) is 0 Å². The second-order valence-electron chi connectivity index (χ2n) is 6.12. The molecule has 2 N–H and O–H groups in total. The third-order valence-electron chi connectivity index (χ3n) is 3.92. The lowest BCUT2D eigenvalue weighted by Crippen LogP contribution is -2.37. The Kier molecular flexibility index (Phi) is 8.60. The van der Waals surface area contributed by atoms with E-state index in [1.165, 1.54) is 17.5 Å². The summed E-state index contributed by atoms with van der Waals surface area (Å²) in [5.41, 5.74) is 2.56. The van der Waals surface area contributed by atoms with Crippen molar-refractivity contribution in [1.82, 2.24) is 15.5 Å². The molecule has 0 heterocycles. The predicted molar refractivity (Wildman–Crippen MR) is 96.4 cm³/mol. The molecule has 4 heteroatoms. The van der Waals surface area contributed by atoms with Gasteiger partial charge in [-0.05, 0) is 52.8 Å². The van der Waals surface area contributed by atoms with E-state index in [0.29, 0.717) is 6.04 Å². The number of rotatable bonds is 8. The zero-order valence-electron chi connectivity index (χ0n) is 14.8. The van der Waals surface area contributed by atoms with Crippen molar-refractivity contribution in [2.75, 3.05) is 27.2 Å². The lowest BCUT2D eigenvalue weighted by atomic mass is 10.1. The van der Waals surface area contributed by atoms with Crippen molar-refractivity contribution < 1.29 is 0 Å². The molecule has 0 saturated heterocycles. The van der Waals surface area contributed by atoms with Crippen LogP contribution in [-0.4, -0.2) is 44.1 Å². The number of nitrogens with one attached hydrogen (secondary N) is 2. The SMILES string of the molecule is CN=C(NCCCCN(C)C(C)C)NCc1ccc(C)cc1.